The van der Waals surface area contributed by atoms with Crippen LogP contribution in [0.25, 0.3) is 5.69 Å². The first-order chi connectivity index (χ1) is 8.11. The van der Waals surface area contributed by atoms with E-state index in [1.54, 1.807) is 24.4 Å². The SMILES string of the molecule is COc1cc(-n2ccc(C(=O)O)n2)ccc1Cl. The molecule has 6 heteroatoms. The number of carboxylic acids is 1. The van der Waals surface area contributed by atoms with Gasteiger partial charge >= 0.3 is 5.97 Å². The summed E-state index contributed by atoms with van der Waals surface area (Å²) in [7, 11) is 1.51. The Bertz CT molecular complexity index is 566. The molecule has 2 rings (SSSR count). The third-order valence-corrected chi connectivity index (χ3v) is 2.52. The van der Waals surface area contributed by atoms with Gasteiger partial charge in [0.15, 0.2) is 5.69 Å². The van der Waals surface area contributed by atoms with Crippen LogP contribution in [0.1, 0.15) is 10.5 Å². The minimum absolute atomic E-state index is 0.0149. The smallest absolute Gasteiger partial charge is 0.356 e. The Balaban J connectivity index is 2.42. The van der Waals surface area contributed by atoms with Crippen molar-refractivity contribution in [2.45, 2.75) is 0 Å². The predicted molar refractivity (Wildman–Crippen MR) is 62.1 cm³/mol. The summed E-state index contributed by atoms with van der Waals surface area (Å²) in [5, 5.41) is 13.2. The van der Waals surface area contributed by atoms with Crippen molar-refractivity contribution < 1.29 is 14.6 Å². The normalized spacial score (nSPS) is 10.2. The van der Waals surface area contributed by atoms with E-state index in [2.05, 4.69) is 5.10 Å². The van der Waals surface area contributed by atoms with Gasteiger partial charge in [0.2, 0.25) is 0 Å². The van der Waals surface area contributed by atoms with Crippen molar-refractivity contribution >= 4 is 17.6 Å². The zero-order chi connectivity index (χ0) is 12.4. The number of nitrogens with zero attached hydrogens (tertiary/aromatic N) is 2. The van der Waals surface area contributed by atoms with Gasteiger partial charge < -0.3 is 9.84 Å². The lowest BCUT2D eigenvalue weighted by Crippen LogP contribution is -2.01. The molecule has 0 saturated carbocycles. The van der Waals surface area contributed by atoms with Gasteiger partial charge in [0.25, 0.3) is 0 Å². The van der Waals surface area contributed by atoms with Gasteiger partial charge in [-0.3, -0.25) is 0 Å². The average molecular weight is 253 g/mol. The average Bonchev–Trinajstić information content (AvgIpc) is 2.79. The fourth-order valence-corrected chi connectivity index (χ4v) is 1.57. The fraction of sp³-hybridized carbons (Fsp3) is 0.0909. The van der Waals surface area contributed by atoms with E-state index >= 15 is 0 Å². The van der Waals surface area contributed by atoms with Gasteiger partial charge in [-0.2, -0.15) is 5.10 Å². The summed E-state index contributed by atoms with van der Waals surface area (Å²) in [5.74, 6) is -0.554. The highest BCUT2D eigenvalue weighted by Gasteiger charge is 2.09. The van der Waals surface area contributed by atoms with Crippen LogP contribution in [0.5, 0.6) is 5.75 Å². The molecule has 0 saturated heterocycles. The number of hydrogen-bond acceptors (Lipinski definition) is 3. The van der Waals surface area contributed by atoms with E-state index in [0.29, 0.717) is 16.5 Å². The van der Waals surface area contributed by atoms with Crippen molar-refractivity contribution in [1.29, 1.82) is 0 Å². The third kappa shape index (κ3) is 2.24. The summed E-state index contributed by atoms with van der Waals surface area (Å²) in [6.45, 7) is 0. The largest absolute Gasteiger partial charge is 0.495 e. The summed E-state index contributed by atoms with van der Waals surface area (Å²) in [4.78, 5) is 10.7. The van der Waals surface area contributed by atoms with Crippen LogP contribution in [-0.4, -0.2) is 28.0 Å². The topological polar surface area (TPSA) is 64.3 Å². The number of carbonyl (C=O) groups is 1. The van der Waals surface area contributed by atoms with E-state index in [0.717, 1.165) is 0 Å². The number of hydrogen-bond donors (Lipinski definition) is 1. The van der Waals surface area contributed by atoms with Crippen LogP contribution in [0.2, 0.25) is 5.02 Å². The fourth-order valence-electron chi connectivity index (χ4n) is 1.37. The molecule has 0 unspecified atom stereocenters. The molecule has 0 radical (unpaired) electrons. The lowest BCUT2D eigenvalue weighted by atomic mass is 10.3. The standard InChI is InChI=1S/C11H9ClN2O3/c1-17-10-6-7(2-3-8(10)12)14-5-4-9(13-14)11(15)16/h2-6H,1H3,(H,15,16). The number of benzene rings is 1. The van der Waals surface area contributed by atoms with Crippen molar-refractivity contribution in [1.82, 2.24) is 9.78 Å². The van der Waals surface area contributed by atoms with Gasteiger partial charge in [-0.1, -0.05) is 11.6 Å². The van der Waals surface area contributed by atoms with Crippen molar-refractivity contribution in [2.24, 2.45) is 0 Å². The molecule has 0 aliphatic heterocycles. The molecule has 1 aromatic carbocycles. The highest BCUT2D eigenvalue weighted by atomic mass is 35.5. The minimum Gasteiger partial charge on any atom is -0.495 e. The molecular weight excluding hydrogens is 244 g/mol. The molecule has 1 heterocycles. The maximum absolute atomic E-state index is 10.7. The second-order valence-corrected chi connectivity index (χ2v) is 3.68. The lowest BCUT2D eigenvalue weighted by molar-refractivity contribution is 0.0690. The summed E-state index contributed by atoms with van der Waals surface area (Å²) < 4.78 is 6.52. The van der Waals surface area contributed by atoms with E-state index in [1.807, 2.05) is 0 Å². The molecule has 5 nitrogen and oxygen atoms in total. The number of aromatic carboxylic acids is 1. The molecule has 1 aromatic heterocycles. The first-order valence-corrected chi connectivity index (χ1v) is 5.12. The Labute approximate surface area is 102 Å². The molecule has 0 bridgehead atoms. The number of ether oxygens (including phenoxy) is 1. The Hall–Kier alpha value is -2.01. The van der Waals surface area contributed by atoms with E-state index in [1.165, 1.54) is 17.9 Å². The van der Waals surface area contributed by atoms with Crippen molar-refractivity contribution in [3.8, 4) is 11.4 Å². The highest BCUT2D eigenvalue weighted by Crippen LogP contribution is 2.26. The number of aromatic nitrogens is 2. The highest BCUT2D eigenvalue weighted by molar-refractivity contribution is 6.32. The number of rotatable bonds is 3. The Morgan fingerprint density at radius 3 is 2.82 bits per heavy atom. The maximum atomic E-state index is 10.7. The Morgan fingerprint density at radius 1 is 1.47 bits per heavy atom. The van der Waals surface area contributed by atoms with Crippen LogP contribution >= 0.6 is 11.6 Å². The number of carboxylic acid groups (broad SMARTS) is 1. The first-order valence-electron chi connectivity index (χ1n) is 4.74. The Kier molecular flexibility index (Phi) is 3.01. The lowest BCUT2D eigenvalue weighted by Gasteiger charge is -2.06. The summed E-state index contributed by atoms with van der Waals surface area (Å²) >= 11 is 5.89. The van der Waals surface area contributed by atoms with Crippen LogP contribution in [0.4, 0.5) is 0 Å². The van der Waals surface area contributed by atoms with E-state index in [4.69, 9.17) is 21.4 Å². The molecule has 17 heavy (non-hydrogen) atoms. The molecule has 1 N–H and O–H groups in total. The summed E-state index contributed by atoms with van der Waals surface area (Å²) in [6, 6.07) is 6.49. The zero-order valence-electron chi connectivity index (χ0n) is 8.92. The van der Waals surface area contributed by atoms with Crippen molar-refractivity contribution in [3.63, 3.8) is 0 Å². The van der Waals surface area contributed by atoms with Crippen molar-refractivity contribution in [2.75, 3.05) is 7.11 Å². The van der Waals surface area contributed by atoms with Crippen molar-refractivity contribution in [3.05, 3.63) is 41.2 Å². The molecule has 0 atom stereocenters. The molecule has 0 spiro atoms. The minimum atomic E-state index is -1.07. The van der Waals surface area contributed by atoms with E-state index in [-0.39, 0.29) is 5.69 Å². The monoisotopic (exact) mass is 252 g/mol. The molecule has 88 valence electrons. The van der Waals surface area contributed by atoms with Gasteiger partial charge in [-0.15, -0.1) is 0 Å². The first kappa shape index (κ1) is 11.5. The second-order valence-electron chi connectivity index (χ2n) is 3.27. The molecule has 2 aromatic rings. The molecule has 0 fully saturated rings. The summed E-state index contributed by atoms with van der Waals surface area (Å²) in [5.41, 5.74) is 0.665. The van der Waals surface area contributed by atoms with Gasteiger partial charge in [0, 0.05) is 12.3 Å². The van der Waals surface area contributed by atoms with Gasteiger partial charge in [0.1, 0.15) is 5.75 Å². The Morgan fingerprint density at radius 2 is 2.24 bits per heavy atom. The third-order valence-electron chi connectivity index (χ3n) is 2.21. The van der Waals surface area contributed by atoms with Crippen LogP contribution in [0.3, 0.4) is 0 Å². The number of methoxy groups -OCH3 is 1. The van der Waals surface area contributed by atoms with Crippen LogP contribution in [-0.2, 0) is 0 Å². The van der Waals surface area contributed by atoms with E-state index in [9.17, 15) is 4.79 Å². The second kappa shape index (κ2) is 4.47. The van der Waals surface area contributed by atoms with Gasteiger partial charge in [0.05, 0.1) is 17.8 Å². The molecule has 0 aliphatic carbocycles. The summed E-state index contributed by atoms with van der Waals surface area (Å²) in [6.07, 6.45) is 1.56. The zero-order valence-corrected chi connectivity index (χ0v) is 9.68. The quantitative estimate of drug-likeness (QED) is 0.910. The van der Waals surface area contributed by atoms with Gasteiger partial charge in [-0.05, 0) is 18.2 Å². The maximum Gasteiger partial charge on any atom is 0.356 e. The van der Waals surface area contributed by atoms with Crippen LogP contribution in [0, 0.1) is 0 Å². The molecular formula is C11H9ClN2O3. The van der Waals surface area contributed by atoms with E-state index < -0.39 is 5.97 Å². The predicted octanol–water partition coefficient (Wildman–Crippen LogP) is 2.23. The number of halogens is 1. The van der Waals surface area contributed by atoms with Crippen LogP contribution < -0.4 is 4.74 Å². The van der Waals surface area contributed by atoms with Gasteiger partial charge in [-0.25, -0.2) is 9.48 Å². The molecule has 0 aliphatic rings. The molecule has 0 amide bonds. The van der Waals surface area contributed by atoms with Crippen LogP contribution in [0.15, 0.2) is 30.5 Å².